The largest absolute Gasteiger partial charge is 0.457 e. The first-order valence-electron chi connectivity index (χ1n) is 13.0. The molecule has 2 saturated heterocycles. The minimum atomic E-state index is -0.568. The van der Waals surface area contributed by atoms with Crippen LogP contribution in [0.2, 0.25) is 0 Å². The molecule has 2 heterocycles. The number of thioether (sulfide) groups is 1. The highest BCUT2D eigenvalue weighted by molar-refractivity contribution is 7.99. The Morgan fingerprint density at radius 2 is 1.63 bits per heavy atom. The second-order valence-corrected chi connectivity index (χ2v) is 11.0. The zero-order valence-electron chi connectivity index (χ0n) is 21.1. The number of nitrogens with zero attached hydrogens (tertiary/aromatic N) is 1. The Hall–Kier alpha value is -3.20. The normalized spacial score (nSPS) is 20.6. The van der Waals surface area contributed by atoms with Crippen LogP contribution in [-0.4, -0.2) is 53.9 Å². The molecule has 0 spiro atoms. The van der Waals surface area contributed by atoms with E-state index < -0.39 is 6.04 Å². The summed E-state index contributed by atoms with van der Waals surface area (Å²) in [6.45, 7) is 2.29. The molecule has 3 aromatic carbocycles. The minimum Gasteiger partial charge on any atom is -0.457 e. The van der Waals surface area contributed by atoms with E-state index in [4.69, 9.17) is 4.74 Å². The molecule has 0 radical (unpaired) electrons. The highest BCUT2D eigenvalue weighted by Gasteiger charge is 2.34. The van der Waals surface area contributed by atoms with Gasteiger partial charge in [0.2, 0.25) is 11.8 Å². The number of carbonyl (C=O) groups is 2. The van der Waals surface area contributed by atoms with E-state index in [1.165, 1.54) is 17.7 Å². The van der Waals surface area contributed by atoms with Gasteiger partial charge in [-0.1, -0.05) is 42.5 Å². The fraction of sp³-hybridized carbons (Fsp3) is 0.333. The number of amides is 2. The lowest BCUT2D eigenvalue weighted by molar-refractivity contribution is -0.134. The van der Waals surface area contributed by atoms with Crippen molar-refractivity contribution in [2.75, 3.05) is 31.1 Å². The van der Waals surface area contributed by atoms with E-state index in [1.807, 2.05) is 42.1 Å². The molecular formula is C30H32FN3O3S. The maximum Gasteiger partial charge on any atom is 0.248 e. The summed E-state index contributed by atoms with van der Waals surface area (Å²) >= 11 is 1.87. The Morgan fingerprint density at radius 3 is 2.32 bits per heavy atom. The molecule has 8 heteroatoms. The van der Waals surface area contributed by atoms with Crippen LogP contribution in [0.3, 0.4) is 0 Å². The monoisotopic (exact) mass is 533 g/mol. The van der Waals surface area contributed by atoms with Gasteiger partial charge in [-0.25, -0.2) is 4.39 Å². The van der Waals surface area contributed by atoms with Gasteiger partial charge in [0.05, 0.1) is 6.04 Å². The standard InChI is InChI=1S/C30H32FN3O3S/c31-24-8-12-26(13-9-24)37-25-10-6-23(7-11-25)28(34-14-16-38-17-15-34)30(36)33-29(35)27-19-22(20-32-27)18-21-4-2-1-3-5-21/h1-13,22,27-28,32H,14-20H2,(H,33,35,36)/t22-,27-,28?/m1/s1. The van der Waals surface area contributed by atoms with Crippen LogP contribution in [-0.2, 0) is 16.0 Å². The average molecular weight is 534 g/mol. The summed E-state index contributed by atoms with van der Waals surface area (Å²) in [7, 11) is 0. The first kappa shape index (κ1) is 26.4. The van der Waals surface area contributed by atoms with Crippen molar-refractivity contribution in [3.8, 4) is 11.5 Å². The van der Waals surface area contributed by atoms with E-state index in [-0.39, 0.29) is 23.7 Å². The number of benzene rings is 3. The zero-order chi connectivity index (χ0) is 26.3. The third-order valence-corrected chi connectivity index (χ3v) is 8.00. The number of ether oxygens (including phenoxy) is 1. The summed E-state index contributed by atoms with van der Waals surface area (Å²) in [5.41, 5.74) is 2.06. The Labute approximate surface area is 226 Å². The van der Waals surface area contributed by atoms with E-state index in [0.29, 0.717) is 23.8 Å². The maximum atomic E-state index is 13.5. The maximum absolute atomic E-state index is 13.5. The Kier molecular flexibility index (Phi) is 8.73. The third kappa shape index (κ3) is 6.81. The molecule has 6 nitrogen and oxygen atoms in total. The molecule has 3 atom stereocenters. The van der Waals surface area contributed by atoms with Crippen molar-refractivity contribution in [3.05, 3.63) is 95.8 Å². The van der Waals surface area contributed by atoms with Gasteiger partial charge in [-0.3, -0.25) is 19.8 Å². The summed E-state index contributed by atoms with van der Waals surface area (Å²) in [6, 6.07) is 22.5. The summed E-state index contributed by atoms with van der Waals surface area (Å²) in [6.07, 6.45) is 1.61. The second kappa shape index (κ2) is 12.6. The molecule has 2 fully saturated rings. The average Bonchev–Trinajstić information content (AvgIpc) is 3.41. The lowest BCUT2D eigenvalue weighted by atomic mass is 9.96. The number of rotatable bonds is 8. The van der Waals surface area contributed by atoms with Gasteiger partial charge in [-0.05, 0) is 72.8 Å². The van der Waals surface area contributed by atoms with Crippen molar-refractivity contribution in [1.29, 1.82) is 0 Å². The highest BCUT2D eigenvalue weighted by Crippen LogP contribution is 2.28. The van der Waals surface area contributed by atoms with Crippen LogP contribution in [0.4, 0.5) is 4.39 Å². The molecule has 2 N–H and O–H groups in total. The van der Waals surface area contributed by atoms with Crippen LogP contribution >= 0.6 is 11.8 Å². The van der Waals surface area contributed by atoms with Crippen molar-refractivity contribution in [2.24, 2.45) is 5.92 Å². The number of imide groups is 1. The Bertz CT molecular complexity index is 1220. The highest BCUT2D eigenvalue weighted by atomic mass is 32.2. The lowest BCUT2D eigenvalue weighted by Crippen LogP contribution is -2.49. The molecular weight excluding hydrogens is 501 g/mol. The topological polar surface area (TPSA) is 70.7 Å². The second-order valence-electron chi connectivity index (χ2n) is 9.78. The van der Waals surface area contributed by atoms with Crippen LogP contribution in [0.5, 0.6) is 11.5 Å². The summed E-state index contributed by atoms with van der Waals surface area (Å²) in [5.74, 6) is 2.46. The first-order valence-corrected chi connectivity index (χ1v) is 14.2. The van der Waals surface area contributed by atoms with Gasteiger partial charge in [0.1, 0.15) is 23.4 Å². The molecule has 5 rings (SSSR count). The van der Waals surface area contributed by atoms with E-state index in [1.54, 1.807) is 24.3 Å². The van der Waals surface area contributed by atoms with Gasteiger partial charge in [0.25, 0.3) is 0 Å². The molecule has 1 unspecified atom stereocenters. The summed E-state index contributed by atoms with van der Waals surface area (Å²) < 4.78 is 19.0. The molecule has 2 amide bonds. The molecule has 2 aliphatic heterocycles. The van der Waals surface area contributed by atoms with Crippen LogP contribution < -0.4 is 15.4 Å². The van der Waals surface area contributed by atoms with Gasteiger partial charge in [-0.15, -0.1) is 0 Å². The lowest BCUT2D eigenvalue weighted by Gasteiger charge is -2.33. The SMILES string of the molecule is O=C(NC(=O)[C@H]1C[C@@H](Cc2ccccc2)CN1)C(c1ccc(Oc2ccc(F)cc2)cc1)N1CCSCC1. The van der Waals surface area contributed by atoms with Crippen molar-refractivity contribution in [3.63, 3.8) is 0 Å². The van der Waals surface area contributed by atoms with Gasteiger partial charge in [0, 0.05) is 24.6 Å². The number of hydrogen-bond acceptors (Lipinski definition) is 6. The van der Waals surface area contributed by atoms with Crippen LogP contribution in [0, 0.1) is 11.7 Å². The molecule has 3 aromatic rings. The Morgan fingerprint density at radius 1 is 0.974 bits per heavy atom. The summed E-state index contributed by atoms with van der Waals surface area (Å²) in [5, 5.41) is 6.01. The predicted molar refractivity (Wildman–Crippen MR) is 148 cm³/mol. The molecule has 198 valence electrons. The molecule has 0 aromatic heterocycles. The minimum absolute atomic E-state index is 0.266. The van der Waals surface area contributed by atoms with E-state index in [2.05, 4.69) is 27.7 Å². The predicted octanol–water partition coefficient (Wildman–Crippen LogP) is 4.57. The number of carbonyl (C=O) groups excluding carboxylic acids is 2. The molecule has 38 heavy (non-hydrogen) atoms. The van der Waals surface area contributed by atoms with Crippen LogP contribution in [0.25, 0.3) is 0 Å². The smallest absolute Gasteiger partial charge is 0.248 e. The van der Waals surface area contributed by atoms with Crippen molar-refractivity contribution in [1.82, 2.24) is 15.5 Å². The number of halogens is 1. The molecule has 2 aliphatic rings. The van der Waals surface area contributed by atoms with Gasteiger partial charge in [0.15, 0.2) is 0 Å². The van der Waals surface area contributed by atoms with Crippen molar-refractivity contribution >= 4 is 23.6 Å². The molecule has 0 saturated carbocycles. The van der Waals surface area contributed by atoms with E-state index >= 15 is 0 Å². The molecule has 0 bridgehead atoms. The van der Waals surface area contributed by atoms with Gasteiger partial charge < -0.3 is 10.1 Å². The quantitative estimate of drug-likeness (QED) is 0.442. The molecule has 0 aliphatic carbocycles. The number of hydrogen-bond donors (Lipinski definition) is 2. The van der Waals surface area contributed by atoms with E-state index in [9.17, 15) is 14.0 Å². The van der Waals surface area contributed by atoms with Gasteiger partial charge in [-0.2, -0.15) is 11.8 Å². The fourth-order valence-corrected chi connectivity index (χ4v) is 6.04. The van der Waals surface area contributed by atoms with Crippen molar-refractivity contribution < 1.29 is 18.7 Å². The van der Waals surface area contributed by atoms with Crippen LogP contribution in [0.1, 0.15) is 23.6 Å². The summed E-state index contributed by atoms with van der Waals surface area (Å²) in [4.78, 5) is 28.7. The van der Waals surface area contributed by atoms with Crippen LogP contribution in [0.15, 0.2) is 78.9 Å². The Balaban J connectivity index is 1.24. The first-order chi connectivity index (χ1) is 18.5. The van der Waals surface area contributed by atoms with Gasteiger partial charge >= 0.3 is 0 Å². The number of nitrogens with one attached hydrogen (secondary N) is 2. The van der Waals surface area contributed by atoms with E-state index in [0.717, 1.165) is 43.1 Å². The van der Waals surface area contributed by atoms with Crippen molar-refractivity contribution in [2.45, 2.75) is 24.9 Å². The third-order valence-electron chi connectivity index (χ3n) is 7.06. The fourth-order valence-electron chi connectivity index (χ4n) is 5.11. The zero-order valence-corrected chi connectivity index (χ0v) is 22.0.